The molecule has 0 saturated heterocycles. The van der Waals surface area contributed by atoms with Crippen LogP contribution >= 0.6 is 0 Å². The van der Waals surface area contributed by atoms with Crippen molar-refractivity contribution in [1.29, 1.82) is 5.26 Å². The molecule has 5 heteroatoms. The van der Waals surface area contributed by atoms with Crippen molar-refractivity contribution < 1.29 is 8.78 Å². The molecule has 0 saturated carbocycles. The van der Waals surface area contributed by atoms with Gasteiger partial charge >= 0.3 is 0 Å². The van der Waals surface area contributed by atoms with E-state index >= 15 is 0 Å². The minimum Gasteiger partial charge on any atom is -0.366 e. The maximum absolute atomic E-state index is 13.3. The van der Waals surface area contributed by atoms with Crippen LogP contribution in [-0.2, 0) is 6.54 Å². The van der Waals surface area contributed by atoms with Gasteiger partial charge in [0.25, 0.3) is 0 Å². The van der Waals surface area contributed by atoms with Gasteiger partial charge in [-0.25, -0.2) is 13.8 Å². The average molecular weight is 245 g/mol. The van der Waals surface area contributed by atoms with E-state index in [-0.39, 0.29) is 12.1 Å². The molecule has 0 atom stereocenters. The molecule has 3 nitrogen and oxygen atoms in total. The topological polar surface area (TPSA) is 48.7 Å². The van der Waals surface area contributed by atoms with E-state index < -0.39 is 11.6 Å². The van der Waals surface area contributed by atoms with E-state index in [2.05, 4.69) is 10.3 Å². The molecule has 2 aromatic rings. The molecule has 0 aliphatic rings. The highest BCUT2D eigenvalue weighted by Gasteiger charge is 2.04. The van der Waals surface area contributed by atoms with Crippen molar-refractivity contribution >= 4 is 5.82 Å². The average Bonchev–Trinajstić information content (AvgIpc) is 2.40. The fraction of sp³-hybridized carbons (Fsp3) is 0.0769. The molecule has 0 radical (unpaired) electrons. The summed E-state index contributed by atoms with van der Waals surface area (Å²) in [4.78, 5) is 3.98. The van der Waals surface area contributed by atoms with Gasteiger partial charge in [0.15, 0.2) is 0 Å². The molecule has 18 heavy (non-hydrogen) atoms. The molecule has 1 aromatic heterocycles. The van der Waals surface area contributed by atoms with Gasteiger partial charge < -0.3 is 5.32 Å². The standard InChI is InChI=1S/C13H9F2N3/c14-11-1-2-12(15)10(6-11)8-18-13-5-9(7-16)3-4-17-13/h1-6H,8H2,(H,17,18). The first kappa shape index (κ1) is 12.0. The van der Waals surface area contributed by atoms with Crippen molar-refractivity contribution in [3.8, 4) is 6.07 Å². The maximum Gasteiger partial charge on any atom is 0.128 e. The number of nitrogens with zero attached hydrogens (tertiary/aromatic N) is 2. The van der Waals surface area contributed by atoms with Crippen LogP contribution in [0.3, 0.4) is 0 Å². The SMILES string of the molecule is N#Cc1ccnc(NCc2cc(F)ccc2F)c1. The molecule has 0 unspecified atom stereocenters. The Hall–Kier alpha value is -2.48. The summed E-state index contributed by atoms with van der Waals surface area (Å²) in [7, 11) is 0. The van der Waals surface area contributed by atoms with E-state index in [1.165, 1.54) is 12.3 Å². The van der Waals surface area contributed by atoms with Gasteiger partial charge in [-0.15, -0.1) is 0 Å². The van der Waals surface area contributed by atoms with Crippen LogP contribution in [0.2, 0.25) is 0 Å². The number of nitriles is 1. The summed E-state index contributed by atoms with van der Waals surface area (Å²) in [5.74, 6) is -0.537. The maximum atomic E-state index is 13.3. The Morgan fingerprint density at radius 1 is 1.22 bits per heavy atom. The second kappa shape index (κ2) is 5.23. The van der Waals surface area contributed by atoms with Crippen molar-refractivity contribution in [3.63, 3.8) is 0 Å². The summed E-state index contributed by atoms with van der Waals surface area (Å²) in [5.41, 5.74) is 0.659. The Kier molecular flexibility index (Phi) is 3.49. The van der Waals surface area contributed by atoms with E-state index in [4.69, 9.17) is 5.26 Å². The minimum absolute atomic E-state index is 0.103. The summed E-state index contributed by atoms with van der Waals surface area (Å²) in [6.45, 7) is 0.103. The number of hydrogen-bond donors (Lipinski definition) is 1. The van der Waals surface area contributed by atoms with Gasteiger partial charge in [-0.3, -0.25) is 0 Å². The Bertz CT molecular complexity index is 605. The Balaban J connectivity index is 2.11. The number of anilines is 1. The van der Waals surface area contributed by atoms with Crippen LogP contribution in [0, 0.1) is 23.0 Å². The molecule has 0 aliphatic heterocycles. The van der Waals surface area contributed by atoms with Gasteiger partial charge in [0.2, 0.25) is 0 Å². The lowest BCUT2D eigenvalue weighted by Gasteiger charge is -2.06. The minimum atomic E-state index is -0.494. The Morgan fingerprint density at radius 2 is 2.06 bits per heavy atom. The molecule has 90 valence electrons. The zero-order chi connectivity index (χ0) is 13.0. The largest absolute Gasteiger partial charge is 0.366 e. The van der Waals surface area contributed by atoms with Crippen LogP contribution in [0.1, 0.15) is 11.1 Å². The van der Waals surface area contributed by atoms with Crippen LogP contribution in [0.4, 0.5) is 14.6 Å². The molecule has 1 heterocycles. The molecule has 2 rings (SSSR count). The second-order valence-electron chi connectivity index (χ2n) is 3.63. The van der Waals surface area contributed by atoms with Gasteiger partial charge in [-0.05, 0) is 30.3 Å². The highest BCUT2D eigenvalue weighted by Crippen LogP contribution is 2.12. The summed E-state index contributed by atoms with van der Waals surface area (Å²) in [5, 5.41) is 11.5. The first-order chi connectivity index (χ1) is 8.69. The van der Waals surface area contributed by atoms with Crippen molar-refractivity contribution in [3.05, 3.63) is 59.3 Å². The smallest absolute Gasteiger partial charge is 0.128 e. The molecule has 1 N–H and O–H groups in total. The van der Waals surface area contributed by atoms with Gasteiger partial charge in [-0.1, -0.05) is 0 Å². The van der Waals surface area contributed by atoms with Crippen molar-refractivity contribution in [1.82, 2.24) is 4.98 Å². The third-order valence-corrected chi connectivity index (χ3v) is 2.36. The fourth-order valence-electron chi connectivity index (χ4n) is 1.46. The van der Waals surface area contributed by atoms with E-state index in [1.54, 1.807) is 6.07 Å². The van der Waals surface area contributed by atoms with Crippen LogP contribution in [0.15, 0.2) is 36.5 Å². The summed E-state index contributed by atoms with van der Waals surface area (Å²) in [6.07, 6.45) is 1.48. The van der Waals surface area contributed by atoms with E-state index in [0.717, 1.165) is 18.2 Å². The Labute approximate surface area is 103 Å². The van der Waals surface area contributed by atoms with Crippen molar-refractivity contribution in [2.24, 2.45) is 0 Å². The summed E-state index contributed by atoms with van der Waals surface area (Å²) < 4.78 is 26.3. The molecular weight excluding hydrogens is 236 g/mol. The third kappa shape index (κ3) is 2.80. The quantitative estimate of drug-likeness (QED) is 0.904. The van der Waals surface area contributed by atoms with Gasteiger partial charge in [-0.2, -0.15) is 5.26 Å². The predicted molar refractivity (Wildman–Crippen MR) is 62.6 cm³/mol. The summed E-state index contributed by atoms with van der Waals surface area (Å²) >= 11 is 0. The van der Waals surface area contributed by atoms with Gasteiger partial charge in [0.1, 0.15) is 17.5 Å². The second-order valence-corrected chi connectivity index (χ2v) is 3.63. The lowest BCUT2D eigenvalue weighted by atomic mass is 10.2. The normalized spacial score (nSPS) is 9.83. The van der Waals surface area contributed by atoms with Crippen molar-refractivity contribution in [2.75, 3.05) is 5.32 Å². The summed E-state index contributed by atoms with van der Waals surface area (Å²) in [6, 6.07) is 8.33. The van der Waals surface area contributed by atoms with Gasteiger partial charge in [0.05, 0.1) is 11.6 Å². The van der Waals surface area contributed by atoms with E-state index in [9.17, 15) is 8.78 Å². The zero-order valence-electron chi connectivity index (χ0n) is 9.32. The molecule has 0 aliphatic carbocycles. The number of hydrogen-bond acceptors (Lipinski definition) is 3. The number of pyridine rings is 1. The Morgan fingerprint density at radius 3 is 2.83 bits per heavy atom. The van der Waals surface area contributed by atoms with Gasteiger partial charge in [0, 0.05) is 18.3 Å². The van der Waals surface area contributed by atoms with Crippen LogP contribution in [-0.4, -0.2) is 4.98 Å². The van der Waals surface area contributed by atoms with Crippen LogP contribution < -0.4 is 5.32 Å². The van der Waals surface area contributed by atoms with Crippen LogP contribution in [0.5, 0.6) is 0 Å². The molecule has 0 bridgehead atoms. The third-order valence-electron chi connectivity index (χ3n) is 2.36. The molecule has 0 spiro atoms. The van der Waals surface area contributed by atoms with Crippen molar-refractivity contribution in [2.45, 2.75) is 6.54 Å². The number of benzene rings is 1. The number of rotatable bonds is 3. The highest BCUT2D eigenvalue weighted by atomic mass is 19.1. The lowest BCUT2D eigenvalue weighted by Crippen LogP contribution is -2.04. The molecule has 1 aromatic carbocycles. The fourth-order valence-corrected chi connectivity index (χ4v) is 1.46. The number of halogens is 2. The van der Waals surface area contributed by atoms with Crippen LogP contribution in [0.25, 0.3) is 0 Å². The zero-order valence-corrected chi connectivity index (χ0v) is 9.32. The highest BCUT2D eigenvalue weighted by molar-refractivity contribution is 5.42. The predicted octanol–water partition coefficient (Wildman–Crippen LogP) is 2.84. The molecule has 0 amide bonds. The molecular formula is C13H9F2N3. The van der Waals surface area contributed by atoms with E-state index in [0.29, 0.717) is 11.4 Å². The number of aromatic nitrogens is 1. The first-order valence-corrected chi connectivity index (χ1v) is 5.23. The lowest BCUT2D eigenvalue weighted by molar-refractivity contribution is 0.587. The number of nitrogens with one attached hydrogen (secondary N) is 1. The first-order valence-electron chi connectivity index (χ1n) is 5.23. The molecule has 0 fully saturated rings. The monoisotopic (exact) mass is 245 g/mol. The van der Waals surface area contributed by atoms with E-state index in [1.807, 2.05) is 6.07 Å².